The molecule has 3 aromatic heterocycles. The monoisotopic (exact) mass is 597 g/mol. The highest BCUT2D eigenvalue weighted by Crippen LogP contribution is 2.37. The minimum Gasteiger partial charge on any atom is -0.381 e. The zero-order chi connectivity index (χ0) is 30.0. The number of fused-ring (bicyclic) bond motifs is 1. The molecule has 9 nitrogen and oxygen atoms in total. The fraction of sp³-hybridized carbons (Fsp3) is 0.485. The molecule has 224 valence electrons. The molecule has 0 spiro atoms. The molecule has 43 heavy (non-hydrogen) atoms. The Hall–Kier alpha value is -3.74. The van der Waals surface area contributed by atoms with Crippen LogP contribution in [0.4, 0.5) is 11.4 Å². The molecule has 6 rings (SSSR count). The van der Waals surface area contributed by atoms with Crippen molar-refractivity contribution in [1.82, 2.24) is 29.9 Å². The molecular formula is C33H40ClN9. The van der Waals surface area contributed by atoms with Gasteiger partial charge < -0.3 is 10.6 Å². The summed E-state index contributed by atoms with van der Waals surface area (Å²) in [5.41, 5.74) is 4.76. The fourth-order valence-electron chi connectivity index (χ4n) is 6.48. The summed E-state index contributed by atoms with van der Waals surface area (Å²) in [6.07, 6.45) is 15.2. The second-order valence-corrected chi connectivity index (χ2v) is 13.3. The number of likely N-dealkylation sites (tertiary alicyclic amines) is 1. The van der Waals surface area contributed by atoms with Gasteiger partial charge in [0.05, 0.1) is 40.1 Å². The first-order valence-electron chi connectivity index (χ1n) is 15.4. The Morgan fingerprint density at radius 2 is 1.86 bits per heavy atom. The van der Waals surface area contributed by atoms with E-state index in [1.165, 1.54) is 19.3 Å². The lowest BCUT2D eigenvalue weighted by molar-refractivity contribution is 0.0866. The molecule has 1 aliphatic carbocycles. The number of piperidine rings is 1. The molecule has 1 atom stereocenters. The maximum Gasteiger partial charge on any atom is 0.110 e. The standard InChI is InChI=1S/C33H40ClN9/c1-33(2,3)42-14-11-26(12-15-42)43-21-29(40-41-43)31(22-8-7-13-36-19-22)39-25-16-27-30(38-24-9-5-4-6-10-24)23(18-35)20-37-32(27)28(34)17-25/h7-8,13,16-17,19-21,24,26,31,39H,4-6,9-12,14-15H2,1-3H3,(H,37,38). The number of hydrogen-bond acceptors (Lipinski definition) is 8. The van der Waals surface area contributed by atoms with Crippen molar-refractivity contribution in [3.8, 4) is 6.07 Å². The number of aromatic nitrogens is 5. The molecule has 2 fully saturated rings. The van der Waals surface area contributed by atoms with Crippen LogP contribution in [-0.2, 0) is 0 Å². The number of nitrogens with zero attached hydrogens (tertiary/aromatic N) is 7. The highest BCUT2D eigenvalue weighted by Gasteiger charge is 2.29. The summed E-state index contributed by atoms with van der Waals surface area (Å²) in [6.45, 7) is 8.90. The highest BCUT2D eigenvalue weighted by atomic mass is 35.5. The zero-order valence-corrected chi connectivity index (χ0v) is 26.0. The smallest absolute Gasteiger partial charge is 0.110 e. The maximum atomic E-state index is 9.95. The second-order valence-electron chi connectivity index (χ2n) is 12.9. The lowest BCUT2D eigenvalue weighted by Crippen LogP contribution is -2.46. The molecule has 1 aliphatic heterocycles. The minimum atomic E-state index is -0.299. The summed E-state index contributed by atoms with van der Waals surface area (Å²) in [7, 11) is 0. The number of halogens is 1. The Morgan fingerprint density at radius 3 is 2.56 bits per heavy atom. The zero-order valence-electron chi connectivity index (χ0n) is 25.2. The van der Waals surface area contributed by atoms with Gasteiger partial charge in [-0.2, -0.15) is 5.26 Å². The van der Waals surface area contributed by atoms with Crippen molar-refractivity contribution >= 4 is 33.9 Å². The summed E-state index contributed by atoms with van der Waals surface area (Å²) < 4.78 is 2.03. The SMILES string of the molecule is CC(C)(C)N1CCC(n2cc(C(Nc3cc(Cl)c4ncc(C#N)c(NC5CCCCC5)c4c3)c3cccnc3)nn2)CC1. The van der Waals surface area contributed by atoms with E-state index in [1.807, 2.05) is 35.1 Å². The quantitative estimate of drug-likeness (QED) is 0.232. The third-order valence-electron chi connectivity index (χ3n) is 8.94. The van der Waals surface area contributed by atoms with Crippen molar-refractivity contribution in [2.24, 2.45) is 0 Å². The number of pyridine rings is 2. The van der Waals surface area contributed by atoms with Crippen molar-refractivity contribution in [3.05, 3.63) is 70.9 Å². The largest absolute Gasteiger partial charge is 0.381 e. The van der Waals surface area contributed by atoms with Gasteiger partial charge in [-0.3, -0.25) is 14.9 Å². The molecule has 0 bridgehead atoms. The van der Waals surface area contributed by atoms with Crippen molar-refractivity contribution < 1.29 is 0 Å². The first kappa shape index (κ1) is 29.3. The van der Waals surface area contributed by atoms with Crippen LogP contribution in [0.2, 0.25) is 5.02 Å². The molecular weight excluding hydrogens is 558 g/mol. The molecule has 4 aromatic rings. The molecule has 1 unspecified atom stereocenters. The van der Waals surface area contributed by atoms with Crippen LogP contribution in [0.1, 0.15) is 94.6 Å². The normalized spacial score (nSPS) is 17.9. The van der Waals surface area contributed by atoms with Crippen LogP contribution >= 0.6 is 11.6 Å². The van der Waals surface area contributed by atoms with Gasteiger partial charge in [0, 0.05) is 54.3 Å². The number of rotatable bonds is 7. The molecule has 0 radical (unpaired) electrons. The number of anilines is 2. The highest BCUT2D eigenvalue weighted by molar-refractivity contribution is 6.35. The van der Waals surface area contributed by atoms with Gasteiger partial charge in [0.1, 0.15) is 11.8 Å². The summed E-state index contributed by atoms with van der Waals surface area (Å²) in [6, 6.07) is 10.6. The van der Waals surface area contributed by atoms with Gasteiger partial charge in [-0.05, 0) is 70.2 Å². The van der Waals surface area contributed by atoms with E-state index in [4.69, 9.17) is 11.6 Å². The Balaban J connectivity index is 1.32. The lowest BCUT2D eigenvalue weighted by Gasteiger charge is -2.40. The minimum absolute atomic E-state index is 0.171. The van der Waals surface area contributed by atoms with E-state index >= 15 is 0 Å². The average molecular weight is 598 g/mol. The molecule has 1 saturated heterocycles. The van der Waals surface area contributed by atoms with Crippen LogP contribution in [0, 0.1) is 11.3 Å². The predicted octanol–water partition coefficient (Wildman–Crippen LogP) is 7.13. The van der Waals surface area contributed by atoms with Crippen LogP contribution in [0.15, 0.2) is 49.1 Å². The predicted molar refractivity (Wildman–Crippen MR) is 171 cm³/mol. The molecule has 2 N–H and O–H groups in total. The number of nitriles is 1. The van der Waals surface area contributed by atoms with E-state index in [2.05, 4.69) is 68.9 Å². The molecule has 1 saturated carbocycles. The first-order chi connectivity index (χ1) is 20.8. The van der Waals surface area contributed by atoms with E-state index in [-0.39, 0.29) is 11.6 Å². The van der Waals surface area contributed by atoms with Crippen molar-refractivity contribution in [1.29, 1.82) is 5.26 Å². The van der Waals surface area contributed by atoms with E-state index in [9.17, 15) is 5.26 Å². The Bertz CT molecular complexity index is 1590. The lowest BCUT2D eigenvalue weighted by atomic mass is 9.94. The van der Waals surface area contributed by atoms with Crippen LogP contribution in [0.25, 0.3) is 10.9 Å². The molecule has 1 aromatic carbocycles. The van der Waals surface area contributed by atoms with Gasteiger partial charge in [0.2, 0.25) is 0 Å². The second kappa shape index (κ2) is 12.5. The van der Waals surface area contributed by atoms with Gasteiger partial charge in [-0.1, -0.05) is 42.1 Å². The van der Waals surface area contributed by atoms with Crippen LogP contribution in [-0.4, -0.2) is 54.5 Å². The summed E-state index contributed by atoms with van der Waals surface area (Å²) >= 11 is 6.84. The van der Waals surface area contributed by atoms with E-state index in [1.54, 1.807) is 12.4 Å². The Labute approximate surface area is 258 Å². The Morgan fingerprint density at radius 1 is 1.07 bits per heavy atom. The third-order valence-corrected chi connectivity index (χ3v) is 9.23. The topological polar surface area (TPSA) is 108 Å². The molecule has 4 heterocycles. The number of benzene rings is 1. The third kappa shape index (κ3) is 6.46. The maximum absolute atomic E-state index is 9.95. The summed E-state index contributed by atoms with van der Waals surface area (Å²) in [5, 5.41) is 27.9. The average Bonchev–Trinajstić information content (AvgIpc) is 3.51. The number of hydrogen-bond donors (Lipinski definition) is 2. The van der Waals surface area contributed by atoms with E-state index in [0.717, 1.165) is 66.8 Å². The van der Waals surface area contributed by atoms with Crippen LogP contribution in [0.5, 0.6) is 0 Å². The summed E-state index contributed by atoms with van der Waals surface area (Å²) in [5.74, 6) is 0. The van der Waals surface area contributed by atoms with E-state index in [0.29, 0.717) is 28.2 Å². The van der Waals surface area contributed by atoms with E-state index < -0.39 is 0 Å². The van der Waals surface area contributed by atoms with Gasteiger partial charge in [0.25, 0.3) is 0 Å². The van der Waals surface area contributed by atoms with Crippen LogP contribution < -0.4 is 10.6 Å². The molecule has 10 heteroatoms. The number of nitrogens with one attached hydrogen (secondary N) is 2. The van der Waals surface area contributed by atoms with Crippen LogP contribution in [0.3, 0.4) is 0 Å². The van der Waals surface area contributed by atoms with Gasteiger partial charge in [0.15, 0.2) is 0 Å². The molecule has 2 aliphatic rings. The van der Waals surface area contributed by atoms with Gasteiger partial charge in [-0.25, -0.2) is 4.68 Å². The van der Waals surface area contributed by atoms with Gasteiger partial charge >= 0.3 is 0 Å². The first-order valence-corrected chi connectivity index (χ1v) is 15.8. The summed E-state index contributed by atoms with van der Waals surface area (Å²) in [4.78, 5) is 11.5. The Kier molecular flexibility index (Phi) is 8.51. The van der Waals surface area contributed by atoms with Gasteiger partial charge in [-0.15, -0.1) is 5.10 Å². The fourth-order valence-corrected chi connectivity index (χ4v) is 6.75. The van der Waals surface area contributed by atoms with Crippen molar-refractivity contribution in [3.63, 3.8) is 0 Å². The molecule has 0 amide bonds. The van der Waals surface area contributed by atoms with Crippen molar-refractivity contribution in [2.75, 3.05) is 23.7 Å². The van der Waals surface area contributed by atoms with Crippen molar-refractivity contribution in [2.45, 2.75) is 89.4 Å².